The molecule has 4 rings (SSSR count). The van der Waals surface area contributed by atoms with Gasteiger partial charge >= 0.3 is 6.18 Å². The monoisotopic (exact) mass is 515 g/mol. The number of sulfonamides is 1. The van der Waals surface area contributed by atoms with Crippen molar-refractivity contribution >= 4 is 33.1 Å². The quantitative estimate of drug-likeness (QED) is 0.307. The first-order valence-electron chi connectivity index (χ1n) is 9.66. The third-order valence-electron chi connectivity index (χ3n) is 4.99. The summed E-state index contributed by atoms with van der Waals surface area (Å²) in [4.78, 5) is 3.95. The van der Waals surface area contributed by atoms with Crippen molar-refractivity contribution in [3.63, 3.8) is 0 Å². The number of hydrogen-bond donors (Lipinski definition) is 0. The van der Waals surface area contributed by atoms with Gasteiger partial charge in [-0.3, -0.25) is 4.40 Å². The second-order valence-corrected chi connectivity index (χ2v) is 9.66. The van der Waals surface area contributed by atoms with Crippen LogP contribution in [0.3, 0.4) is 0 Å². The van der Waals surface area contributed by atoms with Crippen molar-refractivity contribution in [1.82, 2.24) is 9.38 Å². The van der Waals surface area contributed by atoms with Gasteiger partial charge in [0.25, 0.3) is 10.0 Å². The number of fused-ring (bicyclic) bond motifs is 1. The second kappa shape index (κ2) is 8.55. The molecule has 0 bridgehead atoms. The van der Waals surface area contributed by atoms with E-state index in [4.69, 9.17) is 11.6 Å². The first kappa shape index (κ1) is 24.0. The molecule has 0 saturated heterocycles. The summed E-state index contributed by atoms with van der Waals surface area (Å²) in [5, 5.41) is -0.0863. The Labute approximate surface area is 196 Å². The molecule has 2 aromatic carbocycles. The van der Waals surface area contributed by atoms with E-state index in [9.17, 15) is 30.4 Å². The van der Waals surface area contributed by atoms with Crippen LogP contribution in [0.15, 0.2) is 65.7 Å². The minimum Gasteiger partial charge on any atom is -0.288 e. The van der Waals surface area contributed by atoms with Crippen molar-refractivity contribution < 1.29 is 30.4 Å². The zero-order chi connectivity index (χ0) is 24.8. The number of rotatable bonds is 5. The molecule has 5 nitrogen and oxygen atoms in total. The Morgan fingerprint density at radius 1 is 1.03 bits per heavy atom. The van der Waals surface area contributed by atoms with Crippen molar-refractivity contribution in [2.24, 2.45) is 0 Å². The van der Waals surface area contributed by atoms with Gasteiger partial charge in [0.05, 0.1) is 17.0 Å². The lowest BCUT2D eigenvalue weighted by Crippen LogP contribution is -2.31. The van der Waals surface area contributed by atoms with Crippen molar-refractivity contribution in [3.05, 3.63) is 94.3 Å². The predicted octanol–water partition coefficient (Wildman–Crippen LogP) is 5.99. The molecule has 178 valence electrons. The van der Waals surface area contributed by atoms with Crippen LogP contribution in [-0.2, 0) is 22.7 Å². The molecule has 0 N–H and O–H groups in total. The highest BCUT2D eigenvalue weighted by atomic mass is 35.5. The molecule has 0 atom stereocenters. The highest BCUT2D eigenvalue weighted by molar-refractivity contribution is 7.92. The van der Waals surface area contributed by atoms with Crippen molar-refractivity contribution in [2.75, 3.05) is 4.31 Å². The highest BCUT2D eigenvalue weighted by Gasteiger charge is 2.35. The van der Waals surface area contributed by atoms with Gasteiger partial charge in [-0.1, -0.05) is 23.7 Å². The van der Waals surface area contributed by atoms with Crippen molar-refractivity contribution in [2.45, 2.75) is 24.5 Å². The Hall–Kier alpha value is -3.18. The summed E-state index contributed by atoms with van der Waals surface area (Å²) in [7, 11) is -4.44. The van der Waals surface area contributed by atoms with Crippen molar-refractivity contribution in [3.8, 4) is 0 Å². The molecular formula is C22H15ClF5N3O2S. The lowest BCUT2D eigenvalue weighted by atomic mass is 10.1. The molecule has 0 spiro atoms. The van der Waals surface area contributed by atoms with E-state index in [-0.39, 0.29) is 21.4 Å². The highest BCUT2D eigenvalue weighted by Crippen LogP contribution is 2.35. The van der Waals surface area contributed by atoms with E-state index in [1.807, 2.05) is 0 Å². The molecule has 0 aliphatic heterocycles. The molecule has 0 radical (unpaired) electrons. The number of pyridine rings is 1. The van der Waals surface area contributed by atoms with E-state index in [0.29, 0.717) is 17.8 Å². The van der Waals surface area contributed by atoms with Crippen LogP contribution in [-0.4, -0.2) is 17.8 Å². The standard InChI is InChI=1S/C22H15ClF5N3O2S/c1-13-2-9-19-29-21(20(23)30(19)11-13)31(34(32,33)16-6-4-15(24)5-7-16)12-14-3-8-17(18(25)10-14)22(26,27)28/h2-11H,12H2,1H3. The Morgan fingerprint density at radius 3 is 2.32 bits per heavy atom. The summed E-state index contributed by atoms with van der Waals surface area (Å²) < 4.78 is 95.5. The Kier molecular flexibility index (Phi) is 6.03. The number of alkyl halides is 3. The van der Waals surface area contributed by atoms with Crippen LogP contribution in [0.2, 0.25) is 5.15 Å². The fraction of sp³-hybridized carbons (Fsp3) is 0.136. The van der Waals surface area contributed by atoms with Crippen LogP contribution in [0.25, 0.3) is 5.65 Å². The number of anilines is 1. The van der Waals surface area contributed by atoms with Crippen LogP contribution in [0.1, 0.15) is 16.7 Å². The fourth-order valence-electron chi connectivity index (χ4n) is 3.33. The number of aromatic nitrogens is 2. The smallest absolute Gasteiger partial charge is 0.288 e. The average molecular weight is 516 g/mol. The zero-order valence-corrected chi connectivity index (χ0v) is 18.9. The molecule has 0 saturated carbocycles. The molecule has 0 fully saturated rings. The van der Waals surface area contributed by atoms with E-state index in [1.54, 1.807) is 25.3 Å². The molecule has 4 aromatic rings. The van der Waals surface area contributed by atoms with Gasteiger partial charge in [-0.15, -0.1) is 0 Å². The number of halogens is 6. The lowest BCUT2D eigenvalue weighted by Gasteiger charge is -2.23. The van der Waals surface area contributed by atoms with Crippen molar-refractivity contribution in [1.29, 1.82) is 0 Å². The molecule has 34 heavy (non-hydrogen) atoms. The summed E-state index contributed by atoms with van der Waals surface area (Å²) in [5.41, 5.74) is -0.453. The molecular weight excluding hydrogens is 501 g/mol. The number of aryl methyl sites for hydroxylation is 1. The molecule has 12 heteroatoms. The Bertz CT molecular complexity index is 1490. The van der Waals surface area contributed by atoms with Gasteiger partial charge in [0.15, 0.2) is 11.0 Å². The first-order chi connectivity index (χ1) is 15.9. The van der Waals surface area contributed by atoms with Gasteiger partial charge in [0.2, 0.25) is 0 Å². The van der Waals surface area contributed by atoms with Crippen LogP contribution in [0, 0.1) is 18.6 Å². The Morgan fingerprint density at radius 2 is 1.71 bits per heavy atom. The molecule has 0 amide bonds. The summed E-state index contributed by atoms with van der Waals surface area (Å²) in [5.74, 6) is -2.45. The third kappa shape index (κ3) is 4.45. The number of hydrogen-bond acceptors (Lipinski definition) is 3. The Balaban J connectivity index is 1.87. The molecule has 0 unspecified atom stereocenters. The number of benzene rings is 2. The average Bonchev–Trinajstić information content (AvgIpc) is 3.07. The van der Waals surface area contributed by atoms with Crippen LogP contribution < -0.4 is 4.31 Å². The van der Waals surface area contributed by atoms with Crippen LogP contribution >= 0.6 is 11.6 Å². The first-order valence-corrected chi connectivity index (χ1v) is 11.5. The summed E-state index contributed by atoms with van der Waals surface area (Å²) in [6, 6.07) is 9.36. The zero-order valence-electron chi connectivity index (χ0n) is 17.3. The minimum atomic E-state index is -4.91. The van der Waals surface area contributed by atoms with E-state index < -0.39 is 39.9 Å². The molecule has 2 heterocycles. The van der Waals surface area contributed by atoms with Crippen LogP contribution in [0.4, 0.5) is 27.8 Å². The molecule has 2 aromatic heterocycles. The maximum absolute atomic E-state index is 14.2. The predicted molar refractivity (Wildman–Crippen MR) is 116 cm³/mol. The maximum Gasteiger partial charge on any atom is 0.419 e. The van der Waals surface area contributed by atoms with Gasteiger partial charge in [0, 0.05) is 6.20 Å². The van der Waals surface area contributed by atoms with E-state index in [1.165, 1.54) is 4.40 Å². The molecule has 0 aliphatic carbocycles. The van der Waals surface area contributed by atoms with Gasteiger partial charge in [0.1, 0.15) is 17.3 Å². The number of imidazole rings is 1. The fourth-order valence-corrected chi connectivity index (χ4v) is 5.07. The normalized spacial score (nSPS) is 12.3. The SMILES string of the molecule is Cc1ccc2nc(N(Cc3ccc(C(F)(F)F)c(F)c3)S(=O)(=O)c3ccc(F)cc3)c(Cl)n2c1. The lowest BCUT2D eigenvalue weighted by molar-refractivity contribution is -0.140. The molecule has 0 aliphatic rings. The largest absolute Gasteiger partial charge is 0.419 e. The van der Waals surface area contributed by atoms with Gasteiger partial charge < -0.3 is 0 Å². The van der Waals surface area contributed by atoms with E-state index in [2.05, 4.69) is 4.98 Å². The third-order valence-corrected chi connectivity index (χ3v) is 7.10. The van der Waals surface area contributed by atoms with Gasteiger partial charge in [-0.2, -0.15) is 13.2 Å². The van der Waals surface area contributed by atoms with E-state index >= 15 is 0 Å². The summed E-state index contributed by atoms with van der Waals surface area (Å²) in [6.07, 6.45) is -3.29. The summed E-state index contributed by atoms with van der Waals surface area (Å²) >= 11 is 6.44. The van der Waals surface area contributed by atoms with E-state index in [0.717, 1.165) is 40.2 Å². The number of nitrogens with zero attached hydrogens (tertiary/aromatic N) is 3. The van der Waals surface area contributed by atoms with Gasteiger partial charge in [-0.25, -0.2) is 26.5 Å². The van der Waals surface area contributed by atoms with Gasteiger partial charge in [-0.05, 0) is 60.5 Å². The second-order valence-electron chi connectivity index (χ2n) is 7.44. The topological polar surface area (TPSA) is 54.7 Å². The maximum atomic E-state index is 14.2. The minimum absolute atomic E-state index is 0.0829. The summed E-state index contributed by atoms with van der Waals surface area (Å²) in [6.45, 7) is 1.20. The van der Waals surface area contributed by atoms with Crippen LogP contribution in [0.5, 0.6) is 0 Å².